The van der Waals surface area contributed by atoms with E-state index in [0.29, 0.717) is 39.8 Å². The van der Waals surface area contributed by atoms with Gasteiger partial charge in [-0.3, -0.25) is 18.7 Å². The molecule has 0 unspecified atom stereocenters. The summed E-state index contributed by atoms with van der Waals surface area (Å²) in [4.78, 5) is 39.4. The van der Waals surface area contributed by atoms with Gasteiger partial charge in [-0.15, -0.1) is 11.3 Å². The SMILES string of the molecule is CCOc1cccc(Cn2c(=O)c3sccc3n(CC(=O)Nc3cc(OC)cc(OC)c3)c2=O)c1. The van der Waals surface area contributed by atoms with Gasteiger partial charge in [0.15, 0.2) is 0 Å². The number of nitrogens with zero attached hydrogens (tertiary/aromatic N) is 2. The highest BCUT2D eigenvalue weighted by Gasteiger charge is 2.17. The van der Waals surface area contributed by atoms with Crippen LogP contribution in [0.3, 0.4) is 0 Å². The molecule has 0 aliphatic heterocycles. The number of rotatable bonds is 9. The van der Waals surface area contributed by atoms with Gasteiger partial charge in [-0.1, -0.05) is 12.1 Å². The first kappa shape index (κ1) is 24.1. The molecule has 2 heterocycles. The number of aromatic nitrogens is 2. The van der Waals surface area contributed by atoms with Gasteiger partial charge in [-0.25, -0.2) is 4.79 Å². The molecule has 35 heavy (non-hydrogen) atoms. The molecule has 0 aliphatic rings. The fourth-order valence-electron chi connectivity index (χ4n) is 3.73. The number of hydrogen-bond donors (Lipinski definition) is 1. The Balaban J connectivity index is 1.67. The van der Waals surface area contributed by atoms with Crippen LogP contribution in [0.15, 0.2) is 63.5 Å². The molecule has 0 saturated carbocycles. The molecule has 0 bridgehead atoms. The zero-order chi connectivity index (χ0) is 24.9. The Kier molecular flexibility index (Phi) is 7.21. The lowest BCUT2D eigenvalue weighted by atomic mass is 10.2. The van der Waals surface area contributed by atoms with E-state index in [1.807, 2.05) is 25.1 Å². The third-order valence-corrected chi connectivity index (χ3v) is 6.22. The minimum atomic E-state index is -0.568. The minimum absolute atomic E-state index is 0.0567. The van der Waals surface area contributed by atoms with Gasteiger partial charge in [0, 0.05) is 23.9 Å². The lowest BCUT2D eigenvalue weighted by Gasteiger charge is -2.14. The molecule has 4 aromatic rings. The number of nitrogens with one attached hydrogen (secondary N) is 1. The quantitative estimate of drug-likeness (QED) is 0.382. The fraction of sp³-hybridized carbons (Fsp3) is 0.240. The van der Waals surface area contributed by atoms with Crippen LogP contribution in [0.25, 0.3) is 10.2 Å². The van der Waals surface area contributed by atoms with E-state index in [1.165, 1.54) is 30.1 Å². The molecular weight excluding hydrogens is 470 g/mol. The van der Waals surface area contributed by atoms with E-state index in [0.717, 1.165) is 10.1 Å². The zero-order valence-electron chi connectivity index (χ0n) is 19.6. The second kappa shape index (κ2) is 10.5. The standard InChI is InChI=1S/C25H25N3O6S/c1-4-34-18-7-5-6-16(10-18)14-28-24(30)23-21(8-9-35-23)27(25(28)31)15-22(29)26-17-11-19(32-2)13-20(12-17)33-3/h5-13H,4,14-15H2,1-3H3,(H,26,29). The molecule has 9 nitrogen and oxygen atoms in total. The van der Waals surface area contributed by atoms with Crippen LogP contribution >= 0.6 is 11.3 Å². The highest BCUT2D eigenvalue weighted by molar-refractivity contribution is 7.17. The van der Waals surface area contributed by atoms with Crippen molar-refractivity contribution in [3.05, 3.63) is 80.3 Å². The van der Waals surface area contributed by atoms with Crippen molar-refractivity contribution in [3.63, 3.8) is 0 Å². The summed E-state index contributed by atoms with van der Waals surface area (Å²) in [7, 11) is 3.03. The normalized spacial score (nSPS) is 10.8. The van der Waals surface area contributed by atoms with Crippen LogP contribution in [0.2, 0.25) is 0 Å². The van der Waals surface area contributed by atoms with Gasteiger partial charge in [0.05, 0.1) is 32.9 Å². The van der Waals surface area contributed by atoms with Gasteiger partial charge in [-0.2, -0.15) is 0 Å². The topological polar surface area (TPSA) is 101 Å². The predicted molar refractivity (Wildman–Crippen MR) is 135 cm³/mol. The summed E-state index contributed by atoms with van der Waals surface area (Å²) in [5.74, 6) is 1.25. The van der Waals surface area contributed by atoms with Gasteiger partial charge in [-0.05, 0) is 36.1 Å². The van der Waals surface area contributed by atoms with Crippen LogP contribution in [-0.4, -0.2) is 35.9 Å². The van der Waals surface area contributed by atoms with Gasteiger partial charge in [0.1, 0.15) is 28.5 Å². The van der Waals surface area contributed by atoms with Crippen LogP contribution in [-0.2, 0) is 17.9 Å². The molecule has 0 spiro atoms. The molecule has 1 N–H and O–H groups in total. The van der Waals surface area contributed by atoms with E-state index >= 15 is 0 Å². The maximum Gasteiger partial charge on any atom is 0.332 e. The largest absolute Gasteiger partial charge is 0.497 e. The molecule has 0 fully saturated rings. The van der Waals surface area contributed by atoms with Crippen molar-refractivity contribution in [2.24, 2.45) is 0 Å². The molecule has 0 atom stereocenters. The average molecular weight is 496 g/mol. The molecule has 2 aromatic heterocycles. The van der Waals surface area contributed by atoms with Crippen molar-refractivity contribution in [1.82, 2.24) is 9.13 Å². The van der Waals surface area contributed by atoms with Crippen LogP contribution in [0.5, 0.6) is 17.2 Å². The predicted octanol–water partition coefficient (Wildman–Crippen LogP) is 3.33. The lowest BCUT2D eigenvalue weighted by molar-refractivity contribution is -0.116. The Hall–Kier alpha value is -4.05. The lowest BCUT2D eigenvalue weighted by Crippen LogP contribution is -2.41. The number of thiophene rings is 1. The number of benzene rings is 2. The molecule has 10 heteroatoms. The Labute approximate surface area is 205 Å². The number of carbonyl (C=O) groups is 1. The third-order valence-electron chi connectivity index (χ3n) is 5.32. The molecule has 0 radical (unpaired) electrons. The highest BCUT2D eigenvalue weighted by Crippen LogP contribution is 2.26. The number of methoxy groups -OCH3 is 2. The molecule has 1 amide bonds. The van der Waals surface area contributed by atoms with E-state index < -0.39 is 17.2 Å². The monoisotopic (exact) mass is 495 g/mol. The Bertz CT molecular complexity index is 1460. The minimum Gasteiger partial charge on any atom is -0.497 e. The molecule has 0 saturated heterocycles. The third kappa shape index (κ3) is 5.22. The first-order valence-corrected chi connectivity index (χ1v) is 11.8. The van der Waals surface area contributed by atoms with Crippen molar-refractivity contribution < 1.29 is 19.0 Å². The van der Waals surface area contributed by atoms with Gasteiger partial charge in [0.2, 0.25) is 5.91 Å². The number of fused-ring (bicyclic) bond motifs is 1. The van der Waals surface area contributed by atoms with E-state index in [4.69, 9.17) is 14.2 Å². The summed E-state index contributed by atoms with van der Waals surface area (Å²) in [5.41, 5.74) is 0.659. The fourth-order valence-corrected chi connectivity index (χ4v) is 4.58. The van der Waals surface area contributed by atoms with Crippen molar-refractivity contribution in [2.45, 2.75) is 20.0 Å². The van der Waals surface area contributed by atoms with E-state index in [1.54, 1.807) is 35.7 Å². The van der Waals surface area contributed by atoms with Crippen LogP contribution < -0.4 is 30.8 Å². The van der Waals surface area contributed by atoms with E-state index in [-0.39, 0.29) is 13.1 Å². The Morgan fingerprint density at radius 2 is 1.71 bits per heavy atom. The maximum absolute atomic E-state index is 13.4. The summed E-state index contributed by atoms with van der Waals surface area (Å²) in [6, 6.07) is 13.9. The van der Waals surface area contributed by atoms with E-state index in [2.05, 4.69) is 5.32 Å². The Morgan fingerprint density at radius 3 is 2.40 bits per heavy atom. The van der Waals surface area contributed by atoms with Crippen LogP contribution in [0.4, 0.5) is 5.69 Å². The van der Waals surface area contributed by atoms with Crippen molar-refractivity contribution in [3.8, 4) is 17.2 Å². The maximum atomic E-state index is 13.4. The smallest absolute Gasteiger partial charge is 0.332 e. The number of ether oxygens (including phenoxy) is 3. The average Bonchev–Trinajstić information content (AvgIpc) is 3.35. The van der Waals surface area contributed by atoms with Gasteiger partial charge >= 0.3 is 5.69 Å². The van der Waals surface area contributed by atoms with Crippen molar-refractivity contribution in [1.29, 1.82) is 0 Å². The van der Waals surface area contributed by atoms with Gasteiger partial charge in [0.25, 0.3) is 5.56 Å². The van der Waals surface area contributed by atoms with Crippen molar-refractivity contribution >= 4 is 33.1 Å². The summed E-state index contributed by atoms with van der Waals surface area (Å²) < 4.78 is 18.9. The summed E-state index contributed by atoms with van der Waals surface area (Å²) in [6.07, 6.45) is 0. The highest BCUT2D eigenvalue weighted by atomic mass is 32.1. The van der Waals surface area contributed by atoms with Crippen LogP contribution in [0, 0.1) is 0 Å². The van der Waals surface area contributed by atoms with Gasteiger partial charge < -0.3 is 19.5 Å². The summed E-state index contributed by atoms with van der Waals surface area (Å²) >= 11 is 1.23. The Morgan fingerprint density at radius 1 is 0.971 bits per heavy atom. The summed E-state index contributed by atoms with van der Waals surface area (Å²) in [6.45, 7) is 2.17. The molecular formula is C25H25N3O6S. The molecule has 0 aliphatic carbocycles. The van der Waals surface area contributed by atoms with Crippen molar-refractivity contribution in [2.75, 3.05) is 26.1 Å². The second-order valence-corrected chi connectivity index (χ2v) is 8.54. The zero-order valence-corrected chi connectivity index (χ0v) is 20.4. The van der Waals surface area contributed by atoms with E-state index in [9.17, 15) is 14.4 Å². The first-order valence-electron chi connectivity index (χ1n) is 10.9. The number of hydrogen-bond acceptors (Lipinski definition) is 7. The van der Waals surface area contributed by atoms with Crippen LogP contribution in [0.1, 0.15) is 12.5 Å². The number of carbonyl (C=O) groups excluding carboxylic acids is 1. The first-order chi connectivity index (χ1) is 16.9. The number of amides is 1. The second-order valence-electron chi connectivity index (χ2n) is 7.62. The molecule has 4 rings (SSSR count). The molecule has 182 valence electrons. The number of anilines is 1. The molecule has 2 aromatic carbocycles. The summed E-state index contributed by atoms with van der Waals surface area (Å²) in [5, 5.41) is 4.50.